The van der Waals surface area contributed by atoms with Gasteiger partial charge in [-0.2, -0.15) is 5.10 Å². The van der Waals surface area contributed by atoms with Crippen molar-refractivity contribution in [2.24, 2.45) is 0 Å². The molecule has 0 aliphatic carbocycles. The van der Waals surface area contributed by atoms with Crippen molar-refractivity contribution < 1.29 is 4.79 Å². The zero-order chi connectivity index (χ0) is 18.4. The third-order valence-electron chi connectivity index (χ3n) is 4.24. The van der Waals surface area contributed by atoms with Crippen LogP contribution in [-0.2, 0) is 17.8 Å². The number of rotatable bonds is 7. The second kappa shape index (κ2) is 8.34. The fourth-order valence-electron chi connectivity index (χ4n) is 2.68. The molecule has 0 fully saturated rings. The van der Waals surface area contributed by atoms with Crippen molar-refractivity contribution in [3.63, 3.8) is 0 Å². The smallest absolute Gasteiger partial charge is 0.220 e. The van der Waals surface area contributed by atoms with Crippen LogP contribution in [0.4, 0.5) is 5.69 Å². The predicted molar refractivity (Wildman–Crippen MR) is 105 cm³/mol. The SMILES string of the molecule is CN(C)c1ccc(CCC(=O)NCc2cnn(-c3ccccc3)c2)cc1. The van der Waals surface area contributed by atoms with Gasteiger partial charge in [0.15, 0.2) is 0 Å². The van der Waals surface area contributed by atoms with E-state index in [1.54, 1.807) is 6.20 Å². The standard InChI is InChI=1S/C21H24N4O/c1-24(2)19-11-8-17(9-12-19)10-13-21(26)22-14-18-15-23-25(16-18)20-6-4-3-5-7-20/h3-9,11-12,15-16H,10,13-14H2,1-2H3,(H,22,26). The third-order valence-corrected chi connectivity index (χ3v) is 4.24. The van der Waals surface area contributed by atoms with Crippen LogP contribution in [0, 0.1) is 0 Å². The lowest BCUT2D eigenvalue weighted by Gasteiger charge is -2.12. The van der Waals surface area contributed by atoms with E-state index in [2.05, 4.69) is 39.6 Å². The molecule has 5 nitrogen and oxygen atoms in total. The third kappa shape index (κ3) is 4.72. The maximum absolute atomic E-state index is 12.1. The summed E-state index contributed by atoms with van der Waals surface area (Å²) in [7, 11) is 4.03. The molecule has 0 radical (unpaired) electrons. The van der Waals surface area contributed by atoms with Gasteiger partial charge in [0.2, 0.25) is 5.91 Å². The normalized spacial score (nSPS) is 10.5. The number of aromatic nitrogens is 2. The van der Waals surface area contributed by atoms with E-state index in [1.165, 1.54) is 5.56 Å². The van der Waals surface area contributed by atoms with Gasteiger partial charge in [-0.05, 0) is 36.2 Å². The van der Waals surface area contributed by atoms with Gasteiger partial charge in [-0.15, -0.1) is 0 Å². The van der Waals surface area contributed by atoms with Gasteiger partial charge >= 0.3 is 0 Å². The summed E-state index contributed by atoms with van der Waals surface area (Å²) >= 11 is 0. The van der Waals surface area contributed by atoms with Crippen LogP contribution < -0.4 is 10.2 Å². The Bertz CT molecular complexity index is 838. The van der Waals surface area contributed by atoms with Crippen LogP contribution in [0.1, 0.15) is 17.5 Å². The van der Waals surface area contributed by atoms with Gasteiger partial charge in [0.05, 0.1) is 11.9 Å². The Morgan fingerprint density at radius 1 is 1.04 bits per heavy atom. The Balaban J connectivity index is 1.46. The minimum absolute atomic E-state index is 0.0501. The Kier molecular flexibility index (Phi) is 5.69. The number of benzene rings is 2. The molecule has 0 aliphatic rings. The van der Waals surface area contributed by atoms with Crippen molar-refractivity contribution in [2.45, 2.75) is 19.4 Å². The molecule has 1 amide bonds. The summed E-state index contributed by atoms with van der Waals surface area (Å²) in [5, 5.41) is 7.30. The molecule has 26 heavy (non-hydrogen) atoms. The summed E-state index contributed by atoms with van der Waals surface area (Å²) in [6.45, 7) is 0.491. The molecule has 0 saturated heterocycles. The number of aryl methyl sites for hydroxylation is 1. The Morgan fingerprint density at radius 3 is 2.46 bits per heavy atom. The number of carbonyl (C=O) groups excluding carboxylic acids is 1. The highest BCUT2D eigenvalue weighted by molar-refractivity contribution is 5.76. The largest absolute Gasteiger partial charge is 0.378 e. The molecule has 2 aromatic carbocycles. The van der Waals surface area contributed by atoms with Crippen LogP contribution >= 0.6 is 0 Å². The van der Waals surface area contributed by atoms with E-state index in [0.717, 1.165) is 23.4 Å². The lowest BCUT2D eigenvalue weighted by molar-refractivity contribution is -0.121. The molecule has 134 valence electrons. The first-order valence-corrected chi connectivity index (χ1v) is 8.74. The van der Waals surface area contributed by atoms with E-state index >= 15 is 0 Å². The highest BCUT2D eigenvalue weighted by Crippen LogP contribution is 2.13. The van der Waals surface area contributed by atoms with E-state index in [9.17, 15) is 4.79 Å². The number of hydrogen-bond donors (Lipinski definition) is 1. The van der Waals surface area contributed by atoms with Gasteiger partial charge in [0, 0.05) is 44.5 Å². The molecule has 1 N–H and O–H groups in total. The van der Waals surface area contributed by atoms with Crippen molar-refractivity contribution in [3.05, 3.63) is 78.1 Å². The number of amides is 1. The maximum Gasteiger partial charge on any atom is 0.220 e. The zero-order valence-electron chi connectivity index (χ0n) is 15.2. The molecule has 1 heterocycles. The summed E-state index contributed by atoms with van der Waals surface area (Å²) in [4.78, 5) is 14.2. The fraction of sp³-hybridized carbons (Fsp3) is 0.238. The average molecular weight is 348 g/mol. The minimum Gasteiger partial charge on any atom is -0.378 e. The van der Waals surface area contributed by atoms with Crippen molar-refractivity contribution in [1.29, 1.82) is 0 Å². The van der Waals surface area contributed by atoms with Crippen LogP contribution in [-0.4, -0.2) is 29.8 Å². The molecule has 5 heteroatoms. The molecule has 3 aromatic rings. The highest BCUT2D eigenvalue weighted by atomic mass is 16.1. The Labute approximate surface area is 154 Å². The molecule has 0 spiro atoms. The molecule has 1 aromatic heterocycles. The Hall–Kier alpha value is -3.08. The monoisotopic (exact) mass is 348 g/mol. The molecule has 0 saturated carbocycles. The van der Waals surface area contributed by atoms with Crippen LogP contribution in [0.5, 0.6) is 0 Å². The first-order chi connectivity index (χ1) is 12.6. The minimum atomic E-state index is 0.0501. The van der Waals surface area contributed by atoms with Crippen molar-refractivity contribution in [2.75, 3.05) is 19.0 Å². The second-order valence-corrected chi connectivity index (χ2v) is 6.47. The second-order valence-electron chi connectivity index (χ2n) is 6.47. The van der Waals surface area contributed by atoms with Gasteiger partial charge in [0.25, 0.3) is 0 Å². The van der Waals surface area contributed by atoms with E-state index in [4.69, 9.17) is 0 Å². The molecular weight excluding hydrogens is 324 g/mol. The average Bonchev–Trinajstić information content (AvgIpc) is 3.15. The van der Waals surface area contributed by atoms with E-state index < -0.39 is 0 Å². The number of anilines is 1. The van der Waals surface area contributed by atoms with E-state index in [0.29, 0.717) is 13.0 Å². The summed E-state index contributed by atoms with van der Waals surface area (Å²) < 4.78 is 1.81. The summed E-state index contributed by atoms with van der Waals surface area (Å²) in [6, 6.07) is 18.2. The van der Waals surface area contributed by atoms with Gasteiger partial charge in [-0.3, -0.25) is 4.79 Å². The van der Waals surface area contributed by atoms with E-state index in [1.807, 2.05) is 55.3 Å². The summed E-state index contributed by atoms with van der Waals surface area (Å²) in [5.74, 6) is 0.0501. The number of carbonyl (C=O) groups is 1. The topological polar surface area (TPSA) is 50.2 Å². The highest BCUT2D eigenvalue weighted by Gasteiger charge is 2.05. The first-order valence-electron chi connectivity index (χ1n) is 8.74. The van der Waals surface area contributed by atoms with Crippen molar-refractivity contribution in [1.82, 2.24) is 15.1 Å². The van der Waals surface area contributed by atoms with Crippen LogP contribution in [0.25, 0.3) is 5.69 Å². The van der Waals surface area contributed by atoms with Crippen LogP contribution in [0.2, 0.25) is 0 Å². The van der Waals surface area contributed by atoms with E-state index in [-0.39, 0.29) is 5.91 Å². The molecule has 0 atom stereocenters. The molecule has 3 rings (SSSR count). The van der Waals surface area contributed by atoms with Gasteiger partial charge < -0.3 is 10.2 Å². The summed E-state index contributed by atoms with van der Waals surface area (Å²) in [6.07, 6.45) is 4.94. The van der Waals surface area contributed by atoms with Gasteiger partial charge in [0.1, 0.15) is 0 Å². The zero-order valence-corrected chi connectivity index (χ0v) is 15.2. The lowest BCUT2D eigenvalue weighted by atomic mass is 10.1. The fourth-order valence-corrected chi connectivity index (χ4v) is 2.68. The molecule has 0 aliphatic heterocycles. The number of nitrogens with one attached hydrogen (secondary N) is 1. The predicted octanol–water partition coefficient (Wildman–Crippen LogP) is 3.19. The lowest BCUT2D eigenvalue weighted by Crippen LogP contribution is -2.22. The molecule has 0 unspecified atom stereocenters. The van der Waals surface area contributed by atoms with Crippen LogP contribution in [0.15, 0.2) is 67.0 Å². The number of hydrogen-bond acceptors (Lipinski definition) is 3. The first kappa shape index (κ1) is 17.7. The quantitative estimate of drug-likeness (QED) is 0.713. The van der Waals surface area contributed by atoms with Crippen molar-refractivity contribution in [3.8, 4) is 5.69 Å². The number of nitrogens with zero attached hydrogens (tertiary/aromatic N) is 3. The maximum atomic E-state index is 12.1. The summed E-state index contributed by atoms with van der Waals surface area (Å²) in [5.41, 5.74) is 4.32. The van der Waals surface area contributed by atoms with Crippen LogP contribution in [0.3, 0.4) is 0 Å². The van der Waals surface area contributed by atoms with Crippen molar-refractivity contribution >= 4 is 11.6 Å². The number of para-hydroxylation sites is 1. The van der Waals surface area contributed by atoms with Gasteiger partial charge in [-0.25, -0.2) is 4.68 Å². The molecule has 0 bridgehead atoms. The molecular formula is C21H24N4O. The van der Waals surface area contributed by atoms with Gasteiger partial charge in [-0.1, -0.05) is 30.3 Å². The Morgan fingerprint density at radius 2 is 1.77 bits per heavy atom.